The monoisotopic (exact) mass is 528 g/mol. The van der Waals surface area contributed by atoms with Crippen molar-refractivity contribution in [3.05, 3.63) is 40.0 Å². The number of nitrogens with one attached hydrogen (secondary N) is 2. The van der Waals surface area contributed by atoms with Gasteiger partial charge in [0.15, 0.2) is 5.96 Å². The van der Waals surface area contributed by atoms with E-state index in [9.17, 15) is 13.2 Å². The molecule has 0 aromatic carbocycles. The van der Waals surface area contributed by atoms with Crippen LogP contribution in [0.25, 0.3) is 0 Å². The summed E-state index contributed by atoms with van der Waals surface area (Å²) in [6, 6.07) is 2.27. The molecule has 2 rings (SSSR count). The molecule has 0 fully saturated rings. The van der Waals surface area contributed by atoms with Crippen LogP contribution in [0.3, 0.4) is 0 Å². The van der Waals surface area contributed by atoms with Gasteiger partial charge in [0.25, 0.3) is 0 Å². The summed E-state index contributed by atoms with van der Waals surface area (Å²) in [6.07, 6.45) is -3.12. The van der Waals surface area contributed by atoms with E-state index in [1.165, 1.54) is 12.3 Å². The summed E-state index contributed by atoms with van der Waals surface area (Å²) in [5.41, 5.74) is 0.170. The molecule has 6 nitrogen and oxygen atoms in total. The number of hydrogen-bond acceptors (Lipinski definition) is 5. The van der Waals surface area contributed by atoms with Crippen molar-refractivity contribution in [1.29, 1.82) is 0 Å². The number of nitrogens with zero attached hydrogens (tertiary/aromatic N) is 4. The molecule has 2 heterocycles. The number of rotatable bonds is 7. The zero-order chi connectivity index (χ0) is 19.9. The maximum atomic E-state index is 13.0. The van der Waals surface area contributed by atoms with Gasteiger partial charge in [-0.3, -0.25) is 4.99 Å². The van der Waals surface area contributed by atoms with E-state index in [2.05, 4.69) is 25.6 Å². The van der Waals surface area contributed by atoms with E-state index in [1.54, 1.807) is 11.3 Å². The van der Waals surface area contributed by atoms with Crippen molar-refractivity contribution in [2.24, 2.45) is 4.99 Å². The van der Waals surface area contributed by atoms with Gasteiger partial charge in [0.05, 0.1) is 29.4 Å². The van der Waals surface area contributed by atoms with Crippen molar-refractivity contribution in [1.82, 2.24) is 20.2 Å². The average molecular weight is 528 g/mol. The molecule has 0 saturated carbocycles. The fourth-order valence-electron chi connectivity index (χ4n) is 2.38. The highest BCUT2D eigenvalue weighted by Gasteiger charge is 2.33. The molecular formula is C17H24F3IN6S. The first-order chi connectivity index (χ1) is 12.8. The molecule has 2 aromatic heterocycles. The summed E-state index contributed by atoms with van der Waals surface area (Å²) in [5, 5.41) is 8.88. The Labute approximate surface area is 183 Å². The SMILES string of the molecule is CCNC(=NCCNc1ncccc1C(F)(F)F)N(C)Cc1csc(C)n1.I. The van der Waals surface area contributed by atoms with Crippen LogP contribution in [-0.2, 0) is 12.7 Å². The number of aromatic nitrogens is 2. The molecule has 0 spiro atoms. The number of aliphatic imine (C=N–C) groups is 1. The lowest BCUT2D eigenvalue weighted by molar-refractivity contribution is -0.137. The third-order valence-corrected chi connectivity index (χ3v) is 4.36. The molecule has 0 aliphatic rings. The topological polar surface area (TPSA) is 65.4 Å². The van der Waals surface area contributed by atoms with Gasteiger partial charge >= 0.3 is 6.18 Å². The Morgan fingerprint density at radius 2 is 2.11 bits per heavy atom. The van der Waals surface area contributed by atoms with E-state index < -0.39 is 11.7 Å². The second-order valence-corrected chi connectivity index (χ2v) is 6.84. The number of hydrogen-bond donors (Lipinski definition) is 2. The quantitative estimate of drug-likeness (QED) is 0.246. The van der Waals surface area contributed by atoms with E-state index in [1.807, 2.05) is 31.2 Å². The van der Waals surface area contributed by atoms with Crippen LogP contribution < -0.4 is 10.6 Å². The summed E-state index contributed by atoms with van der Waals surface area (Å²) in [6.45, 7) is 5.73. The molecular weight excluding hydrogens is 504 g/mol. The second kappa shape index (κ2) is 11.4. The Kier molecular flexibility index (Phi) is 9.93. The standard InChI is InChI=1S/C17H23F3N6S.HI/c1-4-21-16(26(3)10-13-11-27-12(2)25-13)24-9-8-23-15-14(17(18,19)20)6-5-7-22-15;/h5-7,11H,4,8-10H2,1-3H3,(H,21,24)(H,22,23);1H. The molecule has 0 aliphatic carbocycles. The van der Waals surface area contributed by atoms with Crippen LogP contribution in [0.2, 0.25) is 0 Å². The molecule has 0 bridgehead atoms. The highest BCUT2D eigenvalue weighted by Crippen LogP contribution is 2.33. The molecule has 28 heavy (non-hydrogen) atoms. The maximum Gasteiger partial charge on any atom is 0.419 e. The molecule has 0 radical (unpaired) electrons. The zero-order valence-corrected chi connectivity index (χ0v) is 19.0. The number of alkyl halides is 3. The molecule has 2 aromatic rings. The van der Waals surface area contributed by atoms with Crippen molar-refractivity contribution >= 4 is 47.1 Å². The molecule has 156 valence electrons. The normalized spacial score (nSPS) is 11.7. The minimum absolute atomic E-state index is 0. The number of guanidine groups is 1. The van der Waals surface area contributed by atoms with E-state index in [-0.39, 0.29) is 36.3 Å². The molecule has 0 amide bonds. The lowest BCUT2D eigenvalue weighted by Crippen LogP contribution is -2.38. The van der Waals surface area contributed by atoms with Gasteiger partial charge in [-0.05, 0) is 26.0 Å². The van der Waals surface area contributed by atoms with E-state index >= 15 is 0 Å². The summed E-state index contributed by atoms with van der Waals surface area (Å²) in [4.78, 5) is 14.6. The van der Waals surface area contributed by atoms with Gasteiger partial charge in [-0.25, -0.2) is 9.97 Å². The Morgan fingerprint density at radius 3 is 2.71 bits per heavy atom. The molecule has 11 heteroatoms. The van der Waals surface area contributed by atoms with Crippen molar-refractivity contribution in [3.63, 3.8) is 0 Å². The fourth-order valence-corrected chi connectivity index (χ4v) is 2.98. The summed E-state index contributed by atoms with van der Waals surface area (Å²) in [5.74, 6) is 0.485. The van der Waals surface area contributed by atoms with Crippen LogP contribution in [0, 0.1) is 6.92 Å². The van der Waals surface area contributed by atoms with Crippen molar-refractivity contribution in [2.75, 3.05) is 32.0 Å². The largest absolute Gasteiger partial charge is 0.419 e. The number of halogens is 4. The van der Waals surface area contributed by atoms with Gasteiger partial charge in [0, 0.05) is 31.7 Å². The van der Waals surface area contributed by atoms with Crippen molar-refractivity contribution in [2.45, 2.75) is 26.6 Å². The van der Waals surface area contributed by atoms with Crippen LogP contribution in [0.1, 0.15) is 23.2 Å². The maximum absolute atomic E-state index is 13.0. The summed E-state index contributed by atoms with van der Waals surface area (Å²) in [7, 11) is 1.89. The van der Waals surface area contributed by atoms with Gasteiger partial charge in [0.1, 0.15) is 5.82 Å². The first-order valence-electron chi connectivity index (χ1n) is 8.47. The van der Waals surface area contributed by atoms with Crippen LogP contribution in [0.15, 0.2) is 28.7 Å². The number of aryl methyl sites for hydroxylation is 1. The van der Waals surface area contributed by atoms with E-state index in [0.717, 1.165) is 16.8 Å². The Morgan fingerprint density at radius 1 is 1.36 bits per heavy atom. The van der Waals surface area contributed by atoms with Crippen LogP contribution in [-0.4, -0.2) is 47.5 Å². The Hall–Kier alpha value is -1.63. The smallest absolute Gasteiger partial charge is 0.368 e. The van der Waals surface area contributed by atoms with Crippen molar-refractivity contribution in [3.8, 4) is 0 Å². The minimum atomic E-state index is -4.44. The average Bonchev–Trinajstić information content (AvgIpc) is 3.02. The Balaban J connectivity index is 0.00000392. The van der Waals surface area contributed by atoms with Crippen LogP contribution in [0.4, 0.5) is 19.0 Å². The highest BCUT2D eigenvalue weighted by atomic mass is 127. The number of thiazole rings is 1. The van der Waals surface area contributed by atoms with Crippen LogP contribution >= 0.6 is 35.3 Å². The first-order valence-corrected chi connectivity index (χ1v) is 9.35. The third-order valence-electron chi connectivity index (χ3n) is 3.54. The van der Waals surface area contributed by atoms with Crippen LogP contribution in [0.5, 0.6) is 0 Å². The predicted octanol–water partition coefficient (Wildman–Crippen LogP) is 3.99. The molecule has 0 unspecified atom stereocenters. The minimum Gasteiger partial charge on any atom is -0.368 e. The lowest BCUT2D eigenvalue weighted by Gasteiger charge is -2.21. The van der Waals surface area contributed by atoms with Gasteiger partial charge in [0.2, 0.25) is 0 Å². The molecule has 0 atom stereocenters. The fraction of sp³-hybridized carbons (Fsp3) is 0.471. The highest BCUT2D eigenvalue weighted by molar-refractivity contribution is 14.0. The van der Waals surface area contributed by atoms with E-state index in [0.29, 0.717) is 25.6 Å². The third kappa shape index (κ3) is 7.41. The number of pyridine rings is 1. The lowest BCUT2D eigenvalue weighted by atomic mass is 10.2. The molecule has 2 N–H and O–H groups in total. The number of anilines is 1. The predicted molar refractivity (Wildman–Crippen MR) is 117 cm³/mol. The summed E-state index contributed by atoms with van der Waals surface area (Å²) >= 11 is 1.59. The zero-order valence-electron chi connectivity index (χ0n) is 15.9. The van der Waals surface area contributed by atoms with Gasteiger partial charge in [-0.1, -0.05) is 0 Å². The second-order valence-electron chi connectivity index (χ2n) is 5.77. The molecule has 0 saturated heterocycles. The summed E-state index contributed by atoms with van der Waals surface area (Å²) < 4.78 is 38.9. The Bertz CT molecular complexity index is 765. The van der Waals surface area contributed by atoms with Gasteiger partial charge in [-0.15, -0.1) is 35.3 Å². The molecule has 0 aliphatic heterocycles. The van der Waals surface area contributed by atoms with Crippen molar-refractivity contribution < 1.29 is 13.2 Å². The van der Waals surface area contributed by atoms with Gasteiger partial charge < -0.3 is 15.5 Å². The van der Waals surface area contributed by atoms with Gasteiger partial charge in [-0.2, -0.15) is 13.2 Å². The first kappa shape index (κ1) is 24.4. The van der Waals surface area contributed by atoms with E-state index in [4.69, 9.17) is 0 Å².